The molecule has 1 aliphatic heterocycles. The molecule has 1 aliphatic rings. The molecule has 1 aromatic rings. The van der Waals surface area contributed by atoms with E-state index in [1.54, 1.807) is 0 Å². The molecule has 1 aromatic carbocycles. The molecule has 2 unspecified atom stereocenters. The van der Waals surface area contributed by atoms with E-state index in [0.29, 0.717) is 23.3 Å². The zero-order valence-corrected chi connectivity index (χ0v) is 15.5. The fourth-order valence-electron chi connectivity index (χ4n) is 2.99. The van der Waals surface area contributed by atoms with E-state index in [-0.39, 0.29) is 5.41 Å². The molecule has 4 heteroatoms. The van der Waals surface area contributed by atoms with Crippen molar-refractivity contribution in [1.82, 2.24) is 0 Å². The highest BCUT2D eigenvalue weighted by molar-refractivity contribution is 9.09. The first-order valence-corrected chi connectivity index (χ1v) is 10.5. The first kappa shape index (κ1) is 17.0. The monoisotopic (exact) mass is 372 g/mol. The summed E-state index contributed by atoms with van der Waals surface area (Å²) in [6, 6.07) is 8.79. The van der Waals surface area contributed by atoms with Crippen LogP contribution in [0.3, 0.4) is 0 Å². The van der Waals surface area contributed by atoms with Gasteiger partial charge in [0.2, 0.25) is 0 Å². The number of alkyl halides is 1. The molecule has 0 N–H and O–H groups in total. The van der Waals surface area contributed by atoms with Gasteiger partial charge in [-0.15, -0.1) is 0 Å². The van der Waals surface area contributed by atoms with Gasteiger partial charge in [-0.25, -0.2) is 8.42 Å². The Labute approximate surface area is 137 Å². The maximum Gasteiger partial charge on any atom is 0.150 e. The van der Waals surface area contributed by atoms with Crippen molar-refractivity contribution in [3.63, 3.8) is 0 Å². The van der Waals surface area contributed by atoms with Crippen molar-refractivity contribution in [2.24, 2.45) is 11.8 Å². The zero-order chi connectivity index (χ0) is 15.7. The van der Waals surface area contributed by atoms with E-state index in [4.69, 9.17) is 0 Å². The third kappa shape index (κ3) is 4.56. The van der Waals surface area contributed by atoms with Gasteiger partial charge in [0.15, 0.2) is 9.84 Å². The van der Waals surface area contributed by atoms with E-state index in [0.717, 1.165) is 18.2 Å². The standard InChI is InChI=1S/C17H25BrO2S/c1-17(2,3)16-6-4-13(5-7-16)10-15(11-18)14-8-9-21(19,20)12-14/h4-7,14-15H,8-12H2,1-3H3. The molecule has 21 heavy (non-hydrogen) atoms. The summed E-state index contributed by atoms with van der Waals surface area (Å²) in [7, 11) is -2.79. The highest BCUT2D eigenvalue weighted by Gasteiger charge is 2.33. The van der Waals surface area contributed by atoms with E-state index in [1.807, 2.05) is 0 Å². The minimum absolute atomic E-state index is 0.173. The second-order valence-corrected chi connectivity index (χ2v) is 10.1. The summed E-state index contributed by atoms with van der Waals surface area (Å²) in [5, 5.41) is 0.869. The van der Waals surface area contributed by atoms with Crippen molar-refractivity contribution >= 4 is 25.8 Å². The van der Waals surface area contributed by atoms with Crippen LogP contribution in [0.25, 0.3) is 0 Å². The third-order valence-electron chi connectivity index (χ3n) is 4.45. The summed E-state index contributed by atoms with van der Waals surface area (Å²) < 4.78 is 23.3. The number of hydrogen-bond acceptors (Lipinski definition) is 2. The van der Waals surface area contributed by atoms with Crippen LogP contribution in [0.4, 0.5) is 0 Å². The summed E-state index contributed by atoms with van der Waals surface area (Å²) in [5.41, 5.74) is 2.81. The van der Waals surface area contributed by atoms with Crippen molar-refractivity contribution < 1.29 is 8.42 Å². The molecule has 0 spiro atoms. The average Bonchev–Trinajstić information content (AvgIpc) is 2.75. The summed E-state index contributed by atoms with van der Waals surface area (Å²) in [6.07, 6.45) is 1.77. The van der Waals surface area contributed by atoms with Gasteiger partial charge >= 0.3 is 0 Å². The van der Waals surface area contributed by atoms with Crippen LogP contribution in [0.2, 0.25) is 0 Å². The SMILES string of the molecule is CC(C)(C)c1ccc(CC(CBr)C2CCS(=O)(=O)C2)cc1. The quantitative estimate of drug-likeness (QED) is 0.749. The zero-order valence-electron chi connectivity index (χ0n) is 13.1. The fourth-order valence-corrected chi connectivity index (χ4v) is 5.66. The Morgan fingerprint density at radius 2 is 1.86 bits per heavy atom. The van der Waals surface area contributed by atoms with Crippen LogP contribution < -0.4 is 0 Å². The lowest BCUT2D eigenvalue weighted by Gasteiger charge is -2.22. The van der Waals surface area contributed by atoms with Gasteiger partial charge in [0.1, 0.15) is 0 Å². The predicted octanol–water partition coefficient (Wildman–Crippen LogP) is 3.97. The first-order valence-electron chi connectivity index (χ1n) is 7.57. The van der Waals surface area contributed by atoms with Crippen molar-refractivity contribution in [2.45, 2.75) is 39.0 Å². The molecule has 1 saturated heterocycles. The topological polar surface area (TPSA) is 34.1 Å². The number of halogens is 1. The highest BCUT2D eigenvalue weighted by atomic mass is 79.9. The molecule has 1 heterocycles. The second kappa shape index (κ2) is 6.41. The molecule has 0 bridgehead atoms. The Balaban J connectivity index is 2.06. The largest absolute Gasteiger partial charge is 0.229 e. The first-order chi connectivity index (χ1) is 9.71. The van der Waals surface area contributed by atoms with Gasteiger partial charge in [-0.3, -0.25) is 0 Å². The molecule has 0 saturated carbocycles. The van der Waals surface area contributed by atoms with E-state index < -0.39 is 9.84 Å². The predicted molar refractivity (Wildman–Crippen MR) is 92.9 cm³/mol. The van der Waals surface area contributed by atoms with Gasteiger partial charge in [0.05, 0.1) is 11.5 Å². The highest BCUT2D eigenvalue weighted by Crippen LogP contribution is 2.30. The van der Waals surface area contributed by atoms with E-state index in [1.165, 1.54) is 11.1 Å². The minimum atomic E-state index is -2.79. The molecule has 2 nitrogen and oxygen atoms in total. The average molecular weight is 373 g/mol. The van der Waals surface area contributed by atoms with Crippen LogP contribution in [0.5, 0.6) is 0 Å². The summed E-state index contributed by atoms with van der Waals surface area (Å²) in [4.78, 5) is 0. The smallest absolute Gasteiger partial charge is 0.150 e. The van der Waals surface area contributed by atoms with Gasteiger partial charge in [0.25, 0.3) is 0 Å². The molecule has 1 fully saturated rings. The fraction of sp³-hybridized carbons (Fsp3) is 0.647. The molecule has 0 aromatic heterocycles. The lowest BCUT2D eigenvalue weighted by atomic mass is 9.84. The van der Waals surface area contributed by atoms with Gasteiger partial charge in [-0.05, 0) is 41.2 Å². The van der Waals surface area contributed by atoms with Crippen LogP contribution in [0, 0.1) is 11.8 Å². The van der Waals surface area contributed by atoms with Crippen LogP contribution in [-0.4, -0.2) is 25.3 Å². The Morgan fingerprint density at radius 1 is 1.24 bits per heavy atom. The summed E-state index contributed by atoms with van der Waals surface area (Å²) in [5.74, 6) is 1.44. The third-order valence-corrected chi connectivity index (χ3v) is 7.08. The summed E-state index contributed by atoms with van der Waals surface area (Å²) >= 11 is 3.57. The molecular weight excluding hydrogens is 348 g/mol. The molecular formula is C17H25BrO2S. The van der Waals surface area contributed by atoms with Crippen LogP contribution in [-0.2, 0) is 21.7 Å². The number of sulfone groups is 1. The van der Waals surface area contributed by atoms with E-state index in [2.05, 4.69) is 61.0 Å². The second-order valence-electron chi connectivity index (χ2n) is 7.23. The lowest BCUT2D eigenvalue weighted by molar-refractivity contribution is 0.402. The van der Waals surface area contributed by atoms with Crippen LogP contribution in [0.1, 0.15) is 38.3 Å². The Hall–Kier alpha value is -0.350. The van der Waals surface area contributed by atoms with Crippen molar-refractivity contribution in [2.75, 3.05) is 16.8 Å². The number of rotatable bonds is 4. The minimum Gasteiger partial charge on any atom is -0.229 e. The van der Waals surface area contributed by atoms with Crippen LogP contribution >= 0.6 is 15.9 Å². The Morgan fingerprint density at radius 3 is 2.29 bits per heavy atom. The molecule has 2 rings (SSSR count). The van der Waals surface area contributed by atoms with Gasteiger partial charge in [-0.2, -0.15) is 0 Å². The normalized spacial score (nSPS) is 23.1. The maximum atomic E-state index is 11.7. The molecule has 118 valence electrons. The lowest BCUT2D eigenvalue weighted by Crippen LogP contribution is -2.20. The Bertz CT molecular complexity index is 570. The molecule has 0 amide bonds. The number of benzene rings is 1. The van der Waals surface area contributed by atoms with Gasteiger partial charge in [-0.1, -0.05) is 61.0 Å². The van der Waals surface area contributed by atoms with Crippen molar-refractivity contribution in [1.29, 1.82) is 0 Å². The molecule has 0 aliphatic carbocycles. The maximum absolute atomic E-state index is 11.7. The van der Waals surface area contributed by atoms with Crippen molar-refractivity contribution in [3.05, 3.63) is 35.4 Å². The van der Waals surface area contributed by atoms with Crippen LogP contribution in [0.15, 0.2) is 24.3 Å². The van der Waals surface area contributed by atoms with E-state index >= 15 is 0 Å². The number of hydrogen-bond donors (Lipinski definition) is 0. The summed E-state index contributed by atoms with van der Waals surface area (Å²) in [6.45, 7) is 6.64. The Kier molecular flexibility index (Phi) is 5.19. The van der Waals surface area contributed by atoms with Gasteiger partial charge < -0.3 is 0 Å². The van der Waals surface area contributed by atoms with E-state index in [9.17, 15) is 8.42 Å². The van der Waals surface area contributed by atoms with Crippen molar-refractivity contribution in [3.8, 4) is 0 Å². The molecule has 0 radical (unpaired) electrons. The molecule has 2 atom stereocenters. The van der Waals surface area contributed by atoms with Gasteiger partial charge in [0, 0.05) is 5.33 Å².